The Balaban J connectivity index is 2.48. The Labute approximate surface area is 105 Å². The third-order valence-corrected chi connectivity index (χ3v) is 2.65. The van der Waals surface area contributed by atoms with E-state index in [-0.39, 0.29) is 5.69 Å². The predicted molar refractivity (Wildman–Crippen MR) is 56.9 cm³/mol. The monoisotopic (exact) mass is 276 g/mol. The number of amides is 3. The summed E-state index contributed by atoms with van der Waals surface area (Å²) in [5.41, 5.74) is -1.84. The number of carbonyl (C=O) groups excluding carboxylic acids is 2. The van der Waals surface area contributed by atoms with Crippen molar-refractivity contribution in [3.8, 4) is 0 Å². The Hall–Kier alpha value is -2.12. The van der Waals surface area contributed by atoms with Crippen molar-refractivity contribution in [2.45, 2.75) is 19.1 Å². The van der Waals surface area contributed by atoms with E-state index in [1.165, 1.54) is 6.92 Å². The number of anilines is 1. The minimum atomic E-state index is -4.90. The molecule has 0 bridgehead atoms. The summed E-state index contributed by atoms with van der Waals surface area (Å²) in [6.45, 7) is 1.40. The first-order valence-corrected chi connectivity index (χ1v) is 5.23. The second-order valence-electron chi connectivity index (χ2n) is 4.01. The summed E-state index contributed by atoms with van der Waals surface area (Å²) in [5.74, 6) is -2.15. The van der Waals surface area contributed by atoms with E-state index in [1.807, 2.05) is 0 Å². The van der Waals surface area contributed by atoms with Gasteiger partial charge in [-0.1, -0.05) is 0 Å². The smallest absolute Gasteiger partial charge is 0.326 e. The SMILES string of the molecule is CC1NC(=O)N(c2ccc(F)c(C(F)(F)F)c2)C1=O. The molecule has 1 saturated heterocycles. The van der Waals surface area contributed by atoms with Crippen LogP contribution in [0.5, 0.6) is 0 Å². The van der Waals surface area contributed by atoms with Gasteiger partial charge in [-0.2, -0.15) is 13.2 Å². The quantitative estimate of drug-likeness (QED) is 0.632. The second kappa shape index (κ2) is 4.22. The third kappa shape index (κ3) is 2.25. The van der Waals surface area contributed by atoms with Gasteiger partial charge < -0.3 is 5.32 Å². The van der Waals surface area contributed by atoms with Crippen molar-refractivity contribution in [3.63, 3.8) is 0 Å². The lowest BCUT2D eigenvalue weighted by atomic mass is 10.1. The number of nitrogens with one attached hydrogen (secondary N) is 1. The predicted octanol–water partition coefficient (Wildman–Crippen LogP) is 2.29. The molecule has 1 atom stereocenters. The molecule has 0 aliphatic carbocycles. The van der Waals surface area contributed by atoms with Crippen molar-refractivity contribution < 1.29 is 27.2 Å². The van der Waals surface area contributed by atoms with Gasteiger partial charge in [0.2, 0.25) is 0 Å². The van der Waals surface area contributed by atoms with Crippen LogP contribution in [0.15, 0.2) is 18.2 Å². The number of hydrogen-bond donors (Lipinski definition) is 1. The van der Waals surface area contributed by atoms with Crippen LogP contribution in [0.25, 0.3) is 0 Å². The minimum absolute atomic E-state index is 0.319. The number of nitrogens with zero attached hydrogens (tertiary/aromatic N) is 1. The normalized spacial score (nSPS) is 19.8. The highest BCUT2D eigenvalue weighted by Crippen LogP contribution is 2.34. The molecule has 1 aromatic carbocycles. The van der Waals surface area contributed by atoms with Crippen molar-refractivity contribution in [2.75, 3.05) is 4.90 Å². The zero-order valence-corrected chi connectivity index (χ0v) is 9.58. The zero-order valence-electron chi connectivity index (χ0n) is 9.58. The van der Waals surface area contributed by atoms with Crippen molar-refractivity contribution in [3.05, 3.63) is 29.6 Å². The van der Waals surface area contributed by atoms with Crippen LogP contribution in [-0.4, -0.2) is 18.0 Å². The highest BCUT2D eigenvalue weighted by Gasteiger charge is 2.39. The molecule has 1 aliphatic heterocycles. The van der Waals surface area contributed by atoms with Crippen LogP contribution in [0.4, 0.5) is 28.0 Å². The van der Waals surface area contributed by atoms with E-state index >= 15 is 0 Å². The van der Waals surface area contributed by atoms with E-state index in [4.69, 9.17) is 0 Å². The summed E-state index contributed by atoms with van der Waals surface area (Å²) >= 11 is 0. The Morgan fingerprint density at radius 2 is 1.89 bits per heavy atom. The van der Waals surface area contributed by atoms with E-state index in [9.17, 15) is 27.2 Å². The number of benzene rings is 1. The molecule has 3 amide bonds. The maximum Gasteiger partial charge on any atom is 0.419 e. The van der Waals surface area contributed by atoms with E-state index in [1.54, 1.807) is 0 Å². The Morgan fingerprint density at radius 3 is 2.37 bits per heavy atom. The summed E-state index contributed by atoms with van der Waals surface area (Å²) in [6.07, 6.45) is -4.90. The summed E-state index contributed by atoms with van der Waals surface area (Å²) in [7, 11) is 0. The molecule has 0 spiro atoms. The molecule has 8 heteroatoms. The van der Waals surface area contributed by atoms with E-state index in [0.717, 1.165) is 6.07 Å². The molecule has 1 N–H and O–H groups in total. The number of halogens is 4. The number of carbonyl (C=O) groups is 2. The van der Waals surface area contributed by atoms with Crippen LogP contribution >= 0.6 is 0 Å². The van der Waals surface area contributed by atoms with E-state index in [2.05, 4.69) is 5.32 Å². The fourth-order valence-electron chi connectivity index (χ4n) is 1.72. The molecule has 1 aliphatic rings. The molecule has 0 aromatic heterocycles. The molecular formula is C11H8F4N2O2. The Kier molecular flexibility index (Phi) is 2.95. The van der Waals surface area contributed by atoms with Crippen LogP contribution < -0.4 is 10.2 Å². The molecule has 0 radical (unpaired) electrons. The summed E-state index contributed by atoms with van der Waals surface area (Å²) in [4.78, 5) is 23.6. The van der Waals surface area contributed by atoms with Crippen molar-refractivity contribution in [1.82, 2.24) is 5.32 Å². The molecule has 2 rings (SSSR count). The summed E-state index contributed by atoms with van der Waals surface area (Å²) in [6, 6.07) is 0.288. The first kappa shape index (κ1) is 13.3. The van der Waals surface area contributed by atoms with E-state index < -0.39 is 35.5 Å². The maximum absolute atomic E-state index is 13.1. The molecule has 102 valence electrons. The molecule has 1 aromatic rings. The fraction of sp³-hybridized carbons (Fsp3) is 0.273. The lowest BCUT2D eigenvalue weighted by Gasteiger charge is -2.15. The number of urea groups is 1. The van der Waals surface area contributed by atoms with Gasteiger partial charge in [0.15, 0.2) is 0 Å². The van der Waals surface area contributed by atoms with Gasteiger partial charge in [0.25, 0.3) is 5.91 Å². The standard InChI is InChI=1S/C11H8F4N2O2/c1-5-9(18)17(10(19)16-5)6-2-3-8(12)7(4-6)11(13,14)15/h2-5H,1H3,(H,16,19). The van der Waals surface area contributed by atoms with Crippen molar-refractivity contribution in [1.29, 1.82) is 0 Å². The zero-order chi connectivity index (χ0) is 14.4. The third-order valence-electron chi connectivity index (χ3n) is 2.65. The van der Waals surface area contributed by atoms with Gasteiger partial charge in [-0.05, 0) is 25.1 Å². The minimum Gasteiger partial charge on any atom is -0.326 e. The second-order valence-corrected chi connectivity index (χ2v) is 4.01. The number of imide groups is 1. The number of hydrogen-bond acceptors (Lipinski definition) is 2. The molecule has 1 heterocycles. The Morgan fingerprint density at radius 1 is 1.26 bits per heavy atom. The van der Waals surface area contributed by atoms with Gasteiger partial charge in [0.05, 0.1) is 11.3 Å². The summed E-state index contributed by atoms with van der Waals surface area (Å²) in [5, 5.41) is 2.25. The highest BCUT2D eigenvalue weighted by atomic mass is 19.4. The Bertz CT molecular complexity index is 556. The molecule has 4 nitrogen and oxygen atoms in total. The largest absolute Gasteiger partial charge is 0.419 e. The van der Waals surface area contributed by atoms with Crippen molar-refractivity contribution >= 4 is 17.6 Å². The number of rotatable bonds is 1. The average molecular weight is 276 g/mol. The average Bonchev–Trinajstić information content (AvgIpc) is 2.53. The van der Waals surface area contributed by atoms with E-state index in [0.29, 0.717) is 17.0 Å². The molecule has 19 heavy (non-hydrogen) atoms. The first-order valence-electron chi connectivity index (χ1n) is 5.23. The van der Waals surface area contributed by atoms with Gasteiger partial charge in [0, 0.05) is 0 Å². The van der Waals surface area contributed by atoms with Gasteiger partial charge >= 0.3 is 12.2 Å². The molecule has 0 saturated carbocycles. The topological polar surface area (TPSA) is 49.4 Å². The van der Waals surface area contributed by atoms with Crippen LogP contribution in [0.2, 0.25) is 0 Å². The molecular weight excluding hydrogens is 268 g/mol. The highest BCUT2D eigenvalue weighted by molar-refractivity contribution is 6.21. The van der Waals surface area contributed by atoms with Gasteiger partial charge in [-0.25, -0.2) is 14.1 Å². The molecule has 1 fully saturated rings. The van der Waals surface area contributed by atoms with Crippen LogP contribution in [0.3, 0.4) is 0 Å². The summed E-state index contributed by atoms with van der Waals surface area (Å²) < 4.78 is 50.7. The van der Waals surface area contributed by atoms with Gasteiger partial charge in [0.1, 0.15) is 11.9 Å². The molecule has 1 unspecified atom stereocenters. The van der Waals surface area contributed by atoms with Crippen LogP contribution in [0.1, 0.15) is 12.5 Å². The number of alkyl halides is 3. The van der Waals surface area contributed by atoms with Gasteiger partial charge in [-0.15, -0.1) is 0 Å². The fourth-order valence-corrected chi connectivity index (χ4v) is 1.72. The first-order chi connectivity index (χ1) is 8.71. The van der Waals surface area contributed by atoms with Gasteiger partial charge in [-0.3, -0.25) is 4.79 Å². The lowest BCUT2D eigenvalue weighted by Crippen LogP contribution is -2.31. The van der Waals surface area contributed by atoms with Crippen LogP contribution in [0, 0.1) is 5.82 Å². The maximum atomic E-state index is 13.1. The lowest BCUT2D eigenvalue weighted by molar-refractivity contribution is -0.140. The van der Waals surface area contributed by atoms with Crippen molar-refractivity contribution in [2.24, 2.45) is 0 Å². The van der Waals surface area contributed by atoms with Crippen LogP contribution in [-0.2, 0) is 11.0 Å².